The number of hydrogen-bond acceptors (Lipinski definition) is 5. The van der Waals surface area contributed by atoms with Gasteiger partial charge in [0, 0.05) is 5.75 Å². The van der Waals surface area contributed by atoms with Crippen molar-refractivity contribution in [3.63, 3.8) is 0 Å². The standard InChI is InChI=1S/C12H15NO4S/c1-16-11(14)10(8-18)13-12(15)17-7-9-5-3-2-4-6-9/h2-6,10,18H,7-8H2,1H3,(H,13,15)/t10-/m1/s1. The summed E-state index contributed by atoms with van der Waals surface area (Å²) < 4.78 is 9.47. The molecule has 0 fully saturated rings. The molecule has 0 unspecified atom stereocenters. The minimum absolute atomic E-state index is 0.146. The van der Waals surface area contributed by atoms with Crippen LogP contribution in [0, 0.1) is 0 Å². The van der Waals surface area contributed by atoms with E-state index in [-0.39, 0.29) is 12.4 Å². The van der Waals surface area contributed by atoms with E-state index in [9.17, 15) is 9.59 Å². The Morgan fingerprint density at radius 3 is 2.56 bits per heavy atom. The third kappa shape index (κ3) is 4.67. The molecule has 0 saturated carbocycles. The number of amides is 1. The quantitative estimate of drug-likeness (QED) is 0.626. The van der Waals surface area contributed by atoms with Gasteiger partial charge in [-0.3, -0.25) is 0 Å². The number of rotatable bonds is 5. The normalized spacial score (nSPS) is 11.4. The van der Waals surface area contributed by atoms with Crippen LogP contribution >= 0.6 is 12.6 Å². The average Bonchev–Trinajstić information content (AvgIpc) is 2.42. The van der Waals surface area contributed by atoms with Gasteiger partial charge in [-0.15, -0.1) is 0 Å². The summed E-state index contributed by atoms with van der Waals surface area (Å²) in [4.78, 5) is 22.6. The molecule has 0 aliphatic carbocycles. The van der Waals surface area contributed by atoms with Gasteiger partial charge in [-0.05, 0) is 5.56 Å². The summed E-state index contributed by atoms with van der Waals surface area (Å²) in [6, 6.07) is 8.44. The Hall–Kier alpha value is -1.69. The fourth-order valence-corrected chi connectivity index (χ4v) is 1.47. The molecule has 0 bridgehead atoms. The van der Waals surface area contributed by atoms with Crippen molar-refractivity contribution < 1.29 is 19.1 Å². The van der Waals surface area contributed by atoms with E-state index in [1.165, 1.54) is 7.11 Å². The maximum absolute atomic E-state index is 11.4. The number of nitrogens with one attached hydrogen (secondary N) is 1. The van der Waals surface area contributed by atoms with Crippen LogP contribution in [0.3, 0.4) is 0 Å². The molecule has 18 heavy (non-hydrogen) atoms. The Kier molecular flexibility index (Phi) is 6.07. The fraction of sp³-hybridized carbons (Fsp3) is 0.333. The second kappa shape index (κ2) is 7.60. The molecule has 1 amide bonds. The summed E-state index contributed by atoms with van der Waals surface area (Å²) in [6.07, 6.45) is -0.677. The summed E-state index contributed by atoms with van der Waals surface area (Å²) in [7, 11) is 1.25. The van der Waals surface area contributed by atoms with Crippen molar-refractivity contribution in [3.05, 3.63) is 35.9 Å². The van der Waals surface area contributed by atoms with Gasteiger partial charge in [-0.2, -0.15) is 12.6 Å². The molecule has 1 atom stereocenters. The predicted octanol–water partition coefficient (Wildman–Crippen LogP) is 1.38. The number of carbonyl (C=O) groups excluding carboxylic acids is 2. The number of alkyl carbamates (subject to hydrolysis) is 1. The lowest BCUT2D eigenvalue weighted by Crippen LogP contribution is -2.43. The zero-order valence-electron chi connectivity index (χ0n) is 9.96. The highest BCUT2D eigenvalue weighted by Crippen LogP contribution is 2.01. The number of carbonyl (C=O) groups is 2. The van der Waals surface area contributed by atoms with Crippen LogP contribution in [-0.4, -0.2) is 31.0 Å². The van der Waals surface area contributed by atoms with Crippen molar-refractivity contribution in [2.45, 2.75) is 12.6 Å². The van der Waals surface area contributed by atoms with Crippen molar-refractivity contribution in [2.24, 2.45) is 0 Å². The summed E-state index contributed by atoms with van der Waals surface area (Å²) >= 11 is 3.95. The minimum atomic E-state index is -0.804. The zero-order chi connectivity index (χ0) is 13.4. The number of esters is 1. The topological polar surface area (TPSA) is 64.6 Å². The molecule has 1 aromatic rings. The largest absolute Gasteiger partial charge is 0.467 e. The van der Waals surface area contributed by atoms with Crippen LogP contribution in [0.15, 0.2) is 30.3 Å². The lowest BCUT2D eigenvalue weighted by Gasteiger charge is -2.14. The van der Waals surface area contributed by atoms with Crippen molar-refractivity contribution in [1.29, 1.82) is 0 Å². The van der Waals surface area contributed by atoms with E-state index in [1.54, 1.807) is 0 Å². The summed E-state index contributed by atoms with van der Waals surface area (Å²) in [6.45, 7) is 0.146. The Balaban J connectivity index is 2.39. The van der Waals surface area contributed by atoms with Crippen LogP contribution < -0.4 is 5.32 Å². The first-order valence-corrected chi connectivity index (χ1v) is 5.96. The monoisotopic (exact) mass is 269 g/mol. The molecule has 5 nitrogen and oxygen atoms in total. The lowest BCUT2D eigenvalue weighted by molar-refractivity contribution is -0.142. The maximum atomic E-state index is 11.4. The highest BCUT2D eigenvalue weighted by atomic mass is 32.1. The summed E-state index contributed by atoms with van der Waals surface area (Å²) in [5.74, 6) is -0.408. The molecule has 0 aromatic heterocycles. The van der Waals surface area contributed by atoms with Crippen LogP contribution in [0.4, 0.5) is 4.79 Å². The molecule has 98 valence electrons. The third-order valence-electron chi connectivity index (χ3n) is 2.17. The smallest absolute Gasteiger partial charge is 0.408 e. The summed E-state index contributed by atoms with van der Waals surface area (Å²) in [5.41, 5.74) is 0.869. The molecule has 1 rings (SSSR count). The van der Waals surface area contributed by atoms with Crippen LogP contribution in [0.5, 0.6) is 0 Å². The van der Waals surface area contributed by atoms with Gasteiger partial charge in [-0.25, -0.2) is 9.59 Å². The van der Waals surface area contributed by atoms with Crippen LogP contribution in [-0.2, 0) is 20.9 Å². The number of benzene rings is 1. The Bertz CT molecular complexity index is 396. The number of methoxy groups -OCH3 is 1. The van der Waals surface area contributed by atoms with Crippen LogP contribution in [0.1, 0.15) is 5.56 Å². The first kappa shape index (κ1) is 14.4. The van der Waals surface area contributed by atoms with Gasteiger partial charge in [0.25, 0.3) is 0 Å². The van der Waals surface area contributed by atoms with Crippen LogP contribution in [0.25, 0.3) is 0 Å². The van der Waals surface area contributed by atoms with Crippen LogP contribution in [0.2, 0.25) is 0 Å². The first-order valence-electron chi connectivity index (χ1n) is 5.33. The molecular formula is C12H15NO4S. The van der Waals surface area contributed by atoms with Gasteiger partial charge in [0.15, 0.2) is 0 Å². The van der Waals surface area contributed by atoms with E-state index in [4.69, 9.17) is 4.74 Å². The van der Waals surface area contributed by atoms with Gasteiger partial charge in [0.2, 0.25) is 0 Å². The Labute approximate surface area is 111 Å². The van der Waals surface area contributed by atoms with Crippen molar-refractivity contribution >= 4 is 24.7 Å². The molecule has 0 aliphatic rings. The molecule has 6 heteroatoms. The highest BCUT2D eigenvalue weighted by Gasteiger charge is 2.20. The Morgan fingerprint density at radius 1 is 1.33 bits per heavy atom. The number of hydrogen-bond donors (Lipinski definition) is 2. The van der Waals surface area contributed by atoms with E-state index < -0.39 is 18.1 Å². The second-order valence-electron chi connectivity index (χ2n) is 3.46. The van der Waals surface area contributed by atoms with Gasteiger partial charge in [0.05, 0.1) is 7.11 Å². The molecule has 0 aliphatic heterocycles. The van der Waals surface area contributed by atoms with Crippen molar-refractivity contribution in [1.82, 2.24) is 5.32 Å². The fourth-order valence-electron chi connectivity index (χ4n) is 1.23. The van der Waals surface area contributed by atoms with E-state index >= 15 is 0 Å². The molecule has 0 saturated heterocycles. The van der Waals surface area contributed by atoms with Gasteiger partial charge in [0.1, 0.15) is 12.6 Å². The first-order chi connectivity index (χ1) is 8.67. The molecular weight excluding hydrogens is 254 g/mol. The lowest BCUT2D eigenvalue weighted by atomic mass is 10.2. The molecule has 0 heterocycles. The van der Waals surface area contributed by atoms with E-state index in [0.29, 0.717) is 0 Å². The van der Waals surface area contributed by atoms with E-state index in [0.717, 1.165) is 5.56 Å². The van der Waals surface area contributed by atoms with Gasteiger partial charge < -0.3 is 14.8 Å². The van der Waals surface area contributed by atoms with Gasteiger partial charge >= 0.3 is 12.1 Å². The maximum Gasteiger partial charge on any atom is 0.408 e. The van der Waals surface area contributed by atoms with Crippen molar-refractivity contribution in [3.8, 4) is 0 Å². The molecule has 1 N–H and O–H groups in total. The zero-order valence-corrected chi connectivity index (χ0v) is 10.9. The number of ether oxygens (including phenoxy) is 2. The predicted molar refractivity (Wildman–Crippen MR) is 69.4 cm³/mol. The molecule has 0 radical (unpaired) electrons. The minimum Gasteiger partial charge on any atom is -0.467 e. The van der Waals surface area contributed by atoms with E-state index in [1.807, 2.05) is 30.3 Å². The van der Waals surface area contributed by atoms with Crippen molar-refractivity contribution in [2.75, 3.05) is 12.9 Å². The van der Waals surface area contributed by atoms with E-state index in [2.05, 4.69) is 22.7 Å². The summed E-state index contributed by atoms with van der Waals surface area (Å²) in [5, 5.41) is 2.38. The molecule has 0 spiro atoms. The average molecular weight is 269 g/mol. The highest BCUT2D eigenvalue weighted by molar-refractivity contribution is 7.80. The SMILES string of the molecule is COC(=O)[C@@H](CS)NC(=O)OCc1ccccc1. The third-order valence-corrected chi connectivity index (χ3v) is 2.54. The number of thiol groups is 1. The second-order valence-corrected chi connectivity index (χ2v) is 3.83. The van der Waals surface area contributed by atoms with Gasteiger partial charge in [-0.1, -0.05) is 30.3 Å². The molecule has 1 aromatic carbocycles. The Morgan fingerprint density at radius 2 is 2.00 bits per heavy atom.